The van der Waals surface area contributed by atoms with Crippen LogP contribution in [0, 0.1) is 4.91 Å². The lowest BCUT2D eigenvalue weighted by molar-refractivity contribution is 0.160. The summed E-state index contributed by atoms with van der Waals surface area (Å²) in [6, 6.07) is 10.00. The largest absolute Gasteiger partial charge is 0.355 e. The maximum absolute atomic E-state index is 11.6. The Morgan fingerprint density at radius 3 is 2.49 bits per heavy atom. The van der Waals surface area contributed by atoms with Crippen LogP contribution < -0.4 is 10.2 Å². The number of nitrogens with zero attached hydrogens (tertiary/aromatic N) is 6. The lowest BCUT2D eigenvalue weighted by Gasteiger charge is -2.49. The lowest BCUT2D eigenvalue weighted by atomic mass is 9.79. The summed E-state index contributed by atoms with van der Waals surface area (Å²) in [7, 11) is 2.09. The van der Waals surface area contributed by atoms with Crippen molar-refractivity contribution >= 4 is 11.5 Å². The van der Waals surface area contributed by atoms with Crippen molar-refractivity contribution in [3.05, 3.63) is 47.1 Å². The molecule has 2 aromatic heterocycles. The Balaban J connectivity index is 1.43. The fourth-order valence-corrected chi connectivity index (χ4v) is 6.04. The van der Waals surface area contributed by atoms with Crippen LogP contribution in [-0.2, 0) is 13.0 Å². The topological polar surface area (TPSA) is 88.3 Å². The van der Waals surface area contributed by atoms with Gasteiger partial charge in [-0.3, -0.25) is 4.68 Å². The van der Waals surface area contributed by atoms with E-state index in [1.807, 2.05) is 30.5 Å². The molecule has 1 N–H and O–H groups in total. The molecule has 5 rings (SSSR count). The van der Waals surface area contributed by atoms with E-state index in [0.29, 0.717) is 23.0 Å². The number of piperidine rings is 1. The van der Waals surface area contributed by atoms with Crippen LogP contribution >= 0.6 is 0 Å². The van der Waals surface area contributed by atoms with Crippen molar-refractivity contribution < 1.29 is 0 Å². The highest BCUT2D eigenvalue weighted by Crippen LogP contribution is 2.37. The number of aryl methyl sites for hydroxylation is 1. The molecule has 0 bridgehead atoms. The number of nitroso groups, excluding NO2 is 1. The number of fused-ring (bicyclic) bond motifs is 1. The van der Waals surface area contributed by atoms with Gasteiger partial charge in [-0.1, -0.05) is 6.07 Å². The SMILES string of the molecule is CN(c1ccc(-c2cc(-c3cnn4c3CCCC4)ccc2N=O)nn1)C1CC(C)(C)NC(C)(C)C1. The van der Waals surface area contributed by atoms with E-state index >= 15 is 0 Å². The van der Waals surface area contributed by atoms with E-state index < -0.39 is 0 Å². The van der Waals surface area contributed by atoms with Gasteiger partial charge in [0.1, 0.15) is 5.69 Å². The minimum Gasteiger partial charge on any atom is -0.355 e. The first-order chi connectivity index (χ1) is 16.7. The van der Waals surface area contributed by atoms with Gasteiger partial charge in [0.05, 0.1) is 11.9 Å². The van der Waals surface area contributed by atoms with Gasteiger partial charge in [-0.2, -0.15) is 5.10 Å². The second-order valence-electron chi connectivity index (χ2n) is 11.4. The van der Waals surface area contributed by atoms with E-state index in [1.54, 1.807) is 6.07 Å². The zero-order valence-electron chi connectivity index (χ0n) is 21.4. The molecular weight excluding hydrogens is 438 g/mol. The van der Waals surface area contributed by atoms with Gasteiger partial charge in [-0.05, 0) is 94.8 Å². The third kappa shape index (κ3) is 4.72. The fourth-order valence-electron chi connectivity index (χ4n) is 6.04. The molecule has 1 saturated heterocycles. The highest BCUT2D eigenvalue weighted by atomic mass is 16.3. The van der Waals surface area contributed by atoms with E-state index in [0.717, 1.165) is 49.2 Å². The molecule has 3 aromatic rings. The first kappa shape index (κ1) is 23.6. The summed E-state index contributed by atoms with van der Waals surface area (Å²) in [5.41, 5.74) is 5.20. The van der Waals surface area contributed by atoms with Gasteiger partial charge in [-0.25, -0.2) is 0 Å². The minimum atomic E-state index is 0.0478. The van der Waals surface area contributed by atoms with Gasteiger partial charge in [0.15, 0.2) is 5.82 Å². The predicted octanol–water partition coefficient (Wildman–Crippen LogP) is 5.49. The highest BCUT2D eigenvalue weighted by Gasteiger charge is 2.39. The Kier molecular flexibility index (Phi) is 5.95. The molecule has 0 spiro atoms. The van der Waals surface area contributed by atoms with Crippen molar-refractivity contribution in [3.63, 3.8) is 0 Å². The second kappa shape index (κ2) is 8.82. The van der Waals surface area contributed by atoms with Gasteiger partial charge in [-0.15, -0.1) is 15.1 Å². The van der Waals surface area contributed by atoms with Gasteiger partial charge < -0.3 is 10.2 Å². The first-order valence-corrected chi connectivity index (χ1v) is 12.5. The van der Waals surface area contributed by atoms with Crippen molar-refractivity contribution in [3.8, 4) is 22.4 Å². The summed E-state index contributed by atoms with van der Waals surface area (Å²) in [6.45, 7) is 9.97. The molecule has 35 heavy (non-hydrogen) atoms. The van der Waals surface area contributed by atoms with Crippen LogP contribution in [0.4, 0.5) is 11.5 Å². The Hall–Kier alpha value is -3.13. The van der Waals surface area contributed by atoms with Gasteiger partial charge in [0.25, 0.3) is 0 Å². The Labute approximate surface area is 207 Å². The molecule has 2 aliphatic rings. The summed E-state index contributed by atoms with van der Waals surface area (Å²) in [4.78, 5) is 13.8. The third-order valence-electron chi connectivity index (χ3n) is 7.39. The minimum absolute atomic E-state index is 0.0478. The van der Waals surface area contributed by atoms with Crippen molar-refractivity contribution in [1.29, 1.82) is 0 Å². The summed E-state index contributed by atoms with van der Waals surface area (Å²) in [6.07, 6.45) is 7.33. The zero-order valence-corrected chi connectivity index (χ0v) is 21.4. The molecule has 4 heterocycles. The number of hydrogen-bond acceptors (Lipinski definition) is 7. The van der Waals surface area contributed by atoms with Crippen molar-refractivity contribution in [2.24, 2.45) is 5.18 Å². The Morgan fingerprint density at radius 2 is 1.80 bits per heavy atom. The van der Waals surface area contributed by atoms with Crippen LogP contribution in [0.3, 0.4) is 0 Å². The van der Waals surface area contributed by atoms with Crippen LogP contribution in [0.5, 0.6) is 0 Å². The van der Waals surface area contributed by atoms with Crippen LogP contribution in [0.2, 0.25) is 0 Å². The predicted molar refractivity (Wildman–Crippen MR) is 140 cm³/mol. The summed E-state index contributed by atoms with van der Waals surface area (Å²) >= 11 is 0. The number of rotatable bonds is 5. The number of nitrogens with one attached hydrogen (secondary N) is 1. The standard InChI is InChI=1S/C27H35N7O/c1-26(2)15-19(16-27(3,4)32-26)33(5)25-12-11-22(29-30-25)20-14-18(9-10-23(20)31-35)21-17-28-34-13-7-6-8-24(21)34/h9-12,14,17,19,32H,6-8,13,15-16H2,1-5H3. The van der Waals surface area contributed by atoms with Crippen LogP contribution in [0.15, 0.2) is 41.7 Å². The van der Waals surface area contributed by atoms with E-state index in [9.17, 15) is 4.91 Å². The Morgan fingerprint density at radius 1 is 1.03 bits per heavy atom. The summed E-state index contributed by atoms with van der Waals surface area (Å²) in [5, 5.41) is 20.7. The lowest BCUT2D eigenvalue weighted by Crippen LogP contribution is -2.62. The van der Waals surface area contributed by atoms with Gasteiger partial charge in [0.2, 0.25) is 0 Å². The average Bonchev–Trinajstić information content (AvgIpc) is 3.25. The van der Waals surface area contributed by atoms with Gasteiger partial charge in [0, 0.05) is 47.5 Å². The molecule has 0 unspecified atom stereocenters. The number of aromatic nitrogens is 4. The number of benzene rings is 1. The maximum atomic E-state index is 11.6. The summed E-state index contributed by atoms with van der Waals surface area (Å²) in [5.74, 6) is 0.828. The molecular formula is C27H35N7O. The van der Waals surface area contributed by atoms with E-state index in [-0.39, 0.29) is 11.1 Å². The van der Waals surface area contributed by atoms with E-state index in [2.05, 4.69) is 70.1 Å². The maximum Gasteiger partial charge on any atom is 0.151 e. The smallest absolute Gasteiger partial charge is 0.151 e. The van der Waals surface area contributed by atoms with Crippen LogP contribution in [0.1, 0.15) is 59.1 Å². The molecule has 1 fully saturated rings. The number of hydrogen-bond donors (Lipinski definition) is 1. The van der Waals surface area contributed by atoms with Gasteiger partial charge >= 0.3 is 0 Å². The molecule has 8 nitrogen and oxygen atoms in total. The van der Waals surface area contributed by atoms with Crippen molar-refractivity contribution in [1.82, 2.24) is 25.3 Å². The third-order valence-corrected chi connectivity index (χ3v) is 7.39. The molecule has 2 aliphatic heterocycles. The van der Waals surface area contributed by atoms with Crippen molar-refractivity contribution in [2.75, 3.05) is 11.9 Å². The monoisotopic (exact) mass is 473 g/mol. The fraction of sp³-hybridized carbons (Fsp3) is 0.519. The summed E-state index contributed by atoms with van der Waals surface area (Å²) < 4.78 is 2.10. The molecule has 0 radical (unpaired) electrons. The molecule has 184 valence electrons. The molecule has 0 amide bonds. The second-order valence-corrected chi connectivity index (χ2v) is 11.4. The van der Waals surface area contributed by atoms with E-state index in [1.165, 1.54) is 12.1 Å². The van der Waals surface area contributed by atoms with Crippen LogP contribution in [-0.4, -0.2) is 44.1 Å². The zero-order chi connectivity index (χ0) is 24.8. The quantitative estimate of drug-likeness (QED) is 0.493. The molecule has 0 atom stereocenters. The van der Waals surface area contributed by atoms with Crippen LogP contribution in [0.25, 0.3) is 22.4 Å². The Bertz CT molecular complexity index is 1210. The average molecular weight is 474 g/mol. The van der Waals surface area contributed by atoms with E-state index in [4.69, 9.17) is 0 Å². The van der Waals surface area contributed by atoms with Crippen molar-refractivity contribution in [2.45, 2.75) is 83.5 Å². The molecule has 0 saturated carbocycles. The normalized spacial score (nSPS) is 19.2. The number of anilines is 1. The highest BCUT2D eigenvalue weighted by molar-refractivity contribution is 5.80. The molecule has 0 aliphatic carbocycles. The molecule has 1 aromatic carbocycles. The molecule has 8 heteroatoms. The first-order valence-electron chi connectivity index (χ1n) is 12.5.